The first-order valence-electron chi connectivity index (χ1n) is 23.1. The van der Waals surface area contributed by atoms with E-state index in [1.54, 1.807) is 28.2 Å². The Hall–Kier alpha value is -1.54. The van der Waals surface area contributed by atoms with Gasteiger partial charge in [-0.1, -0.05) is 48.8 Å². The summed E-state index contributed by atoms with van der Waals surface area (Å²) in [6, 6.07) is 5.35. The number of fused-ring (bicyclic) bond motifs is 6. The van der Waals surface area contributed by atoms with Gasteiger partial charge in [0.05, 0.1) is 23.8 Å². The quantitative estimate of drug-likeness (QED) is 0.0794. The van der Waals surface area contributed by atoms with Crippen LogP contribution < -0.4 is 93.8 Å². The summed E-state index contributed by atoms with van der Waals surface area (Å²) >= 11 is 5.08. The van der Waals surface area contributed by atoms with Crippen LogP contribution in [0.25, 0.3) is 55.9 Å². The van der Waals surface area contributed by atoms with Crippen molar-refractivity contribution in [1.29, 1.82) is 0 Å². The van der Waals surface area contributed by atoms with E-state index in [1.807, 2.05) is 0 Å². The molecule has 0 saturated carbocycles. The Morgan fingerprint density at radius 3 is 0.820 bits per heavy atom. The van der Waals surface area contributed by atoms with Gasteiger partial charge in [-0.3, -0.25) is 0 Å². The molecule has 12 heterocycles. The maximum absolute atomic E-state index is 12.2. The molecule has 0 amide bonds. The van der Waals surface area contributed by atoms with E-state index < -0.39 is 71.0 Å². The fourth-order valence-corrected chi connectivity index (χ4v) is 6.10. The van der Waals surface area contributed by atoms with Crippen LogP contribution in [0.15, 0.2) is 73.8 Å². The monoisotopic (exact) mass is 1890 g/mol. The van der Waals surface area contributed by atoms with Crippen molar-refractivity contribution in [2.75, 3.05) is 0 Å². The number of imidazole rings is 6. The van der Waals surface area contributed by atoms with Gasteiger partial charge in [-0.15, -0.1) is 12.4 Å². The number of aryl methyl sites for hydroxylation is 4. The van der Waals surface area contributed by atoms with Crippen molar-refractivity contribution in [2.45, 2.75) is 37.1 Å². The summed E-state index contributed by atoms with van der Waals surface area (Å²) in [4.78, 5) is 35.5. The van der Waals surface area contributed by atoms with Crippen LogP contribution in [0.5, 0.6) is 0 Å². The third kappa shape index (κ3) is 34.1. The summed E-state index contributed by atoms with van der Waals surface area (Å²) in [6.07, 6.45) is -5.34. The molecule has 100 heavy (non-hydrogen) atoms. The summed E-state index contributed by atoms with van der Waals surface area (Å²) in [7, 11) is 35.0. The zero-order valence-electron chi connectivity index (χ0n) is 51.3. The summed E-state index contributed by atoms with van der Waals surface area (Å²) in [6.45, 7) is 0. The first kappa shape index (κ1) is 109. The van der Waals surface area contributed by atoms with Gasteiger partial charge in [-0.05, 0) is 61.6 Å². The Morgan fingerprint density at radius 2 is 0.570 bits per heavy atom. The number of hydrogen-bond acceptors (Lipinski definition) is 14. The van der Waals surface area contributed by atoms with Crippen LogP contribution >= 0.6 is 58.1 Å². The molecule has 12 aromatic rings. The maximum atomic E-state index is 12.2. The van der Waals surface area contributed by atoms with Gasteiger partial charge in [0, 0.05) is 60.3 Å². The largest absolute Gasteiger partial charge is 1.00 e. The number of rotatable bonds is 0. The zero-order valence-corrected chi connectivity index (χ0v) is 75.9. The topological polar surface area (TPSA) is 209 Å². The van der Waals surface area contributed by atoms with E-state index in [0.717, 1.165) is 165 Å². The van der Waals surface area contributed by atoms with Crippen molar-refractivity contribution in [3.63, 3.8) is 0 Å². The Bertz CT molecular complexity index is 3770. The number of aromatic nitrogens is 20. The SMILES string of the molecule is Cn1[c-]nc2cc(C(F)(F)F)cnc21.Cn1[c-]nc2cc(C(F)(F)F)cnc21.Cn1[c-]nc2cc(C(F)(F)F)nnc21.Cn1[c-]nc2cc(C(F)(F)F)nnc21.FC(F)(F)c1cc2n[c-]cn2cn1.FC(F)(F)c1cc2n[c-]cn2cn1.[Cl-].[Cl-].[Cl-].[Cl][Zn+].[Cl][Zn+].[Cl][Zn+].[Cl][Zn+].[Cl][Zn+].[Cl][Zn+].[Li+].[Li+].[Li+]. The van der Waals surface area contributed by atoms with Gasteiger partial charge in [-0.2, -0.15) is 89.2 Å². The van der Waals surface area contributed by atoms with Gasteiger partial charge in [0.25, 0.3) is 0 Å². The third-order valence-electron chi connectivity index (χ3n) is 10.0. The fourth-order valence-electron chi connectivity index (χ4n) is 6.10. The van der Waals surface area contributed by atoms with Crippen LogP contribution in [0, 0.1) is 37.7 Å². The second kappa shape index (κ2) is 51.7. The van der Waals surface area contributed by atoms with E-state index in [1.165, 1.54) is 39.5 Å². The zero-order chi connectivity index (χ0) is 72.3. The fraction of sp³-hybridized carbons (Fsp3) is 0.227. The smallest absolute Gasteiger partial charge is 1.00 e. The van der Waals surface area contributed by atoms with E-state index in [9.17, 15) is 79.0 Å². The van der Waals surface area contributed by atoms with Crippen LogP contribution in [0.2, 0.25) is 0 Å². The first-order valence-corrected chi connectivity index (χ1v) is 46.5. The van der Waals surface area contributed by atoms with Gasteiger partial charge < -0.3 is 104 Å². The van der Waals surface area contributed by atoms with Gasteiger partial charge in [0.1, 0.15) is 11.4 Å². The van der Waals surface area contributed by atoms with Crippen molar-refractivity contribution in [2.24, 2.45) is 28.2 Å². The summed E-state index contributed by atoms with van der Waals surface area (Å²) < 4.78 is 227. The molecule has 12 rings (SSSR count). The van der Waals surface area contributed by atoms with Crippen molar-refractivity contribution < 1.29 is 277 Å². The molecule has 0 spiro atoms. The molecule has 0 bridgehead atoms. The molecule has 0 aliphatic carbocycles. The van der Waals surface area contributed by atoms with Gasteiger partial charge >= 0.3 is 256 Å². The van der Waals surface area contributed by atoms with E-state index in [-0.39, 0.29) is 138 Å². The predicted octanol–water partition coefficient (Wildman–Crippen LogP) is -4.82. The van der Waals surface area contributed by atoms with Gasteiger partial charge in [0.15, 0.2) is 11.4 Å². The van der Waals surface area contributed by atoms with Gasteiger partial charge in [-0.25, -0.2) is 20.2 Å². The Labute approximate surface area is 690 Å². The summed E-state index contributed by atoms with van der Waals surface area (Å²) in [5.74, 6) is 0. The third-order valence-corrected chi connectivity index (χ3v) is 10.0. The molecule has 0 fully saturated rings. The van der Waals surface area contributed by atoms with E-state index >= 15 is 0 Å². The molecule has 12 aromatic heterocycles. The van der Waals surface area contributed by atoms with Crippen LogP contribution in [-0.4, -0.2) is 97.3 Å². The molecule has 0 radical (unpaired) electrons. The molecule has 504 valence electrons. The molecular formula is C44H24Cl9F18Li3N20Zn6. The van der Waals surface area contributed by atoms with E-state index in [0.29, 0.717) is 11.3 Å². The second-order valence-corrected chi connectivity index (χ2v) is 15.9. The van der Waals surface area contributed by atoms with E-state index in [4.69, 9.17) is 58.1 Å². The second-order valence-electron chi connectivity index (χ2n) is 15.9. The number of nitrogens with zero attached hydrogens (tertiary/aromatic N) is 20. The average Bonchev–Trinajstić information content (AvgIpc) is 1.65. The molecular weight excluding hydrogens is 1880 g/mol. The van der Waals surface area contributed by atoms with Crippen molar-refractivity contribution >= 4 is 114 Å². The minimum absolute atomic E-state index is 0. The number of alkyl halides is 18. The maximum Gasteiger partial charge on any atom is 1.00 e. The van der Waals surface area contributed by atoms with Crippen LogP contribution in [0.4, 0.5) is 79.0 Å². The molecule has 0 aromatic carbocycles. The molecule has 0 saturated heterocycles. The average molecular weight is 1910 g/mol. The van der Waals surface area contributed by atoms with E-state index in [2.05, 4.69) is 108 Å². The first-order chi connectivity index (χ1) is 44.1. The van der Waals surface area contributed by atoms with Crippen LogP contribution in [0.3, 0.4) is 0 Å². The molecule has 0 aliphatic rings. The number of halogens is 27. The number of hydrogen-bond donors (Lipinski definition) is 0. The van der Waals surface area contributed by atoms with Gasteiger partial charge in [0.2, 0.25) is 0 Å². The van der Waals surface area contributed by atoms with Crippen LogP contribution in [-0.2, 0) is 169 Å². The molecule has 0 aliphatic heterocycles. The minimum Gasteiger partial charge on any atom is 1.00 e. The molecule has 0 atom stereocenters. The Morgan fingerprint density at radius 1 is 0.320 bits per heavy atom. The predicted molar refractivity (Wildman–Crippen MR) is 274 cm³/mol. The van der Waals surface area contributed by atoms with Crippen LogP contribution in [0.1, 0.15) is 33.9 Å². The normalized spacial score (nSPS) is 10.5. The molecule has 0 N–H and O–H groups in total. The summed E-state index contributed by atoms with van der Waals surface area (Å²) in [5, 5.41) is 12.9. The van der Waals surface area contributed by atoms with Crippen molar-refractivity contribution in [3.05, 3.63) is 145 Å². The standard InChI is InChI=1S/2C8H5F3N3.2C7H4F3N4.2C7H3F3N3.9ClH.3Li.6Zn/c2*1-14-4-13-6-2-5(8(9,10)11)3-12-7(6)14;2*1-14-3-11-4-2-5(7(8,9)10)12-13-6(4)14;2*8-7(9,10)5-3-6-11-1-2-13(6)4-12-5;;;;;;;;;;;;;;;;;;/h2*2-3H,1H3;2*2H,1H3;2*2-4H;9*1H;;;;;;;;;/q6*-1;;;;;;;;;;3*+1;6*+2/p-9. The Kier molecular flexibility index (Phi) is 56.5. The molecule has 56 heteroatoms. The minimum atomic E-state index is -4.49. The van der Waals surface area contributed by atoms with Crippen molar-refractivity contribution in [3.8, 4) is 0 Å². The Balaban J connectivity index is -0.000000254. The molecule has 0 unspecified atom stereocenters. The summed E-state index contributed by atoms with van der Waals surface area (Å²) in [5.41, 5.74) is -3.21. The number of pyridine rings is 2. The van der Waals surface area contributed by atoms with Crippen molar-refractivity contribution in [1.82, 2.24) is 97.3 Å². The molecule has 20 nitrogen and oxygen atoms in total.